The van der Waals surface area contributed by atoms with E-state index in [9.17, 15) is 0 Å². The number of anilines is 1. The van der Waals surface area contributed by atoms with Crippen LogP contribution in [-0.2, 0) is 0 Å². The average molecular weight is 253 g/mol. The summed E-state index contributed by atoms with van der Waals surface area (Å²) in [6.45, 7) is 6.53. The van der Waals surface area contributed by atoms with E-state index in [1.807, 2.05) is 11.8 Å². The molecule has 3 nitrogen and oxygen atoms in total. The van der Waals surface area contributed by atoms with E-state index in [1.165, 1.54) is 30.8 Å². The second-order valence-corrected chi connectivity index (χ2v) is 6.27. The molecular formula is C13H23N3S. The van der Waals surface area contributed by atoms with Gasteiger partial charge in [0.2, 0.25) is 5.95 Å². The number of hydrogen-bond donors (Lipinski definition) is 1. The number of nitrogens with one attached hydrogen (secondary N) is 1. The van der Waals surface area contributed by atoms with E-state index in [1.54, 1.807) is 0 Å². The van der Waals surface area contributed by atoms with Crippen LogP contribution in [0.4, 0.5) is 5.95 Å². The van der Waals surface area contributed by atoms with Gasteiger partial charge in [0.05, 0.1) is 5.69 Å². The number of rotatable bonds is 7. The molecule has 0 radical (unpaired) electrons. The van der Waals surface area contributed by atoms with Crippen molar-refractivity contribution < 1.29 is 0 Å². The smallest absolute Gasteiger partial charge is 0.203 e. The van der Waals surface area contributed by atoms with Crippen molar-refractivity contribution in [1.82, 2.24) is 9.55 Å². The second-order valence-electron chi connectivity index (χ2n) is 4.88. The first-order valence-corrected chi connectivity index (χ1v) is 7.76. The molecule has 1 aromatic heterocycles. The molecule has 1 aliphatic carbocycles. The van der Waals surface area contributed by atoms with Crippen molar-refractivity contribution in [2.24, 2.45) is 0 Å². The minimum atomic E-state index is 0.508. The van der Waals surface area contributed by atoms with E-state index in [-0.39, 0.29) is 0 Å². The summed E-state index contributed by atoms with van der Waals surface area (Å²) in [6, 6.07) is 1.21. The number of aryl methyl sites for hydroxylation is 1. The van der Waals surface area contributed by atoms with Crippen LogP contribution in [0, 0.1) is 6.92 Å². The first-order valence-electron chi connectivity index (χ1n) is 6.60. The van der Waals surface area contributed by atoms with E-state index in [4.69, 9.17) is 0 Å². The lowest BCUT2D eigenvalue weighted by molar-refractivity contribution is 0.704. The summed E-state index contributed by atoms with van der Waals surface area (Å²) in [5, 5.41) is 3.55. The molecule has 1 fully saturated rings. The van der Waals surface area contributed by atoms with Gasteiger partial charge in [-0.05, 0) is 44.6 Å². The van der Waals surface area contributed by atoms with Crippen molar-refractivity contribution in [3.63, 3.8) is 0 Å². The largest absolute Gasteiger partial charge is 0.353 e. The molecule has 1 heterocycles. The van der Waals surface area contributed by atoms with Crippen LogP contribution in [0.1, 0.15) is 44.8 Å². The zero-order valence-electron chi connectivity index (χ0n) is 11.1. The normalized spacial score (nSPS) is 17.1. The summed E-state index contributed by atoms with van der Waals surface area (Å²) >= 11 is 2.01. The van der Waals surface area contributed by atoms with Crippen LogP contribution in [0.5, 0.6) is 0 Å². The lowest BCUT2D eigenvalue weighted by Crippen LogP contribution is -2.19. The van der Waals surface area contributed by atoms with Crippen molar-refractivity contribution in [2.75, 3.05) is 16.8 Å². The molecule has 0 bridgehead atoms. The number of nitrogens with zero attached hydrogens (tertiary/aromatic N) is 2. The van der Waals surface area contributed by atoms with Gasteiger partial charge in [-0.15, -0.1) is 0 Å². The van der Waals surface area contributed by atoms with E-state index in [0.29, 0.717) is 12.1 Å². The zero-order chi connectivity index (χ0) is 12.3. The summed E-state index contributed by atoms with van der Waals surface area (Å²) < 4.78 is 2.32. The third-order valence-corrected chi connectivity index (χ3v) is 4.00. The Bertz CT molecular complexity index is 358. The standard InChI is InChI=1S/C13H23N3S/c1-4-17-8-7-10(2)14-13-15-11(3)9-16(13)12-5-6-12/h9-10,12H,4-8H2,1-3H3,(H,14,15). The van der Waals surface area contributed by atoms with Gasteiger partial charge in [-0.25, -0.2) is 4.98 Å². The zero-order valence-corrected chi connectivity index (χ0v) is 11.9. The molecule has 1 atom stereocenters. The molecule has 96 valence electrons. The highest BCUT2D eigenvalue weighted by molar-refractivity contribution is 7.99. The molecule has 0 amide bonds. The van der Waals surface area contributed by atoms with E-state index in [0.717, 1.165) is 11.6 Å². The van der Waals surface area contributed by atoms with Gasteiger partial charge in [-0.1, -0.05) is 6.92 Å². The van der Waals surface area contributed by atoms with Crippen molar-refractivity contribution in [1.29, 1.82) is 0 Å². The summed E-state index contributed by atoms with van der Waals surface area (Å²) in [7, 11) is 0. The van der Waals surface area contributed by atoms with Crippen molar-refractivity contribution in [3.05, 3.63) is 11.9 Å². The molecule has 1 aliphatic rings. The Hall–Kier alpha value is -0.640. The predicted octanol–water partition coefficient (Wildman–Crippen LogP) is 3.47. The molecule has 17 heavy (non-hydrogen) atoms. The van der Waals surface area contributed by atoms with Gasteiger partial charge in [0, 0.05) is 18.3 Å². The second kappa shape index (κ2) is 5.80. The van der Waals surface area contributed by atoms with Gasteiger partial charge in [0.15, 0.2) is 0 Å². The Morgan fingerprint density at radius 2 is 2.35 bits per heavy atom. The first-order chi connectivity index (χ1) is 8.20. The lowest BCUT2D eigenvalue weighted by atomic mass is 10.3. The molecule has 1 N–H and O–H groups in total. The molecule has 0 aliphatic heterocycles. The van der Waals surface area contributed by atoms with Crippen LogP contribution in [0.2, 0.25) is 0 Å². The van der Waals surface area contributed by atoms with Gasteiger partial charge >= 0.3 is 0 Å². The maximum atomic E-state index is 4.59. The molecule has 0 spiro atoms. The van der Waals surface area contributed by atoms with Crippen LogP contribution in [0.3, 0.4) is 0 Å². The quantitative estimate of drug-likeness (QED) is 0.755. The lowest BCUT2D eigenvalue weighted by Gasteiger charge is -2.15. The molecule has 2 rings (SSSR count). The van der Waals surface area contributed by atoms with Gasteiger partial charge in [0.25, 0.3) is 0 Å². The highest BCUT2D eigenvalue weighted by Gasteiger charge is 2.26. The van der Waals surface area contributed by atoms with Crippen molar-refractivity contribution >= 4 is 17.7 Å². The van der Waals surface area contributed by atoms with Crippen LogP contribution < -0.4 is 5.32 Å². The fraction of sp³-hybridized carbons (Fsp3) is 0.769. The minimum absolute atomic E-state index is 0.508. The highest BCUT2D eigenvalue weighted by Crippen LogP contribution is 2.37. The van der Waals surface area contributed by atoms with E-state index < -0.39 is 0 Å². The van der Waals surface area contributed by atoms with E-state index >= 15 is 0 Å². The number of imidazole rings is 1. The fourth-order valence-electron chi connectivity index (χ4n) is 1.95. The monoisotopic (exact) mass is 253 g/mol. The fourth-order valence-corrected chi connectivity index (χ4v) is 2.76. The number of hydrogen-bond acceptors (Lipinski definition) is 3. The van der Waals surface area contributed by atoms with Crippen LogP contribution >= 0.6 is 11.8 Å². The maximum Gasteiger partial charge on any atom is 0.203 e. The van der Waals surface area contributed by atoms with Crippen molar-refractivity contribution in [3.8, 4) is 0 Å². The third-order valence-electron chi connectivity index (χ3n) is 3.07. The predicted molar refractivity (Wildman–Crippen MR) is 75.9 cm³/mol. The van der Waals surface area contributed by atoms with E-state index in [2.05, 4.69) is 41.8 Å². The molecule has 1 aromatic rings. The SMILES string of the molecule is CCSCCC(C)Nc1nc(C)cn1C1CC1. The van der Waals surface area contributed by atoms with Crippen molar-refractivity contribution in [2.45, 2.75) is 52.1 Å². The Balaban J connectivity index is 1.88. The van der Waals surface area contributed by atoms with Crippen LogP contribution in [-0.4, -0.2) is 27.1 Å². The minimum Gasteiger partial charge on any atom is -0.353 e. The average Bonchev–Trinajstić information content (AvgIpc) is 3.05. The van der Waals surface area contributed by atoms with Gasteiger partial charge in [-0.3, -0.25) is 0 Å². The first kappa shape index (κ1) is 12.8. The Labute approximate surface area is 108 Å². The maximum absolute atomic E-state index is 4.59. The molecule has 1 saturated carbocycles. The Morgan fingerprint density at radius 1 is 1.59 bits per heavy atom. The Morgan fingerprint density at radius 3 is 3.00 bits per heavy atom. The molecular weight excluding hydrogens is 230 g/mol. The van der Waals surface area contributed by atoms with Gasteiger partial charge in [-0.2, -0.15) is 11.8 Å². The van der Waals surface area contributed by atoms with Gasteiger partial charge in [0.1, 0.15) is 0 Å². The summed E-state index contributed by atoms with van der Waals surface area (Å²) in [5.41, 5.74) is 1.12. The number of aromatic nitrogens is 2. The topological polar surface area (TPSA) is 29.9 Å². The van der Waals surface area contributed by atoms with Gasteiger partial charge < -0.3 is 9.88 Å². The molecule has 0 saturated heterocycles. The van der Waals surface area contributed by atoms with Crippen LogP contribution in [0.25, 0.3) is 0 Å². The summed E-state index contributed by atoms with van der Waals surface area (Å²) in [5.74, 6) is 3.51. The molecule has 4 heteroatoms. The highest BCUT2D eigenvalue weighted by atomic mass is 32.2. The van der Waals surface area contributed by atoms with Crippen LogP contribution in [0.15, 0.2) is 6.20 Å². The third kappa shape index (κ3) is 3.66. The summed E-state index contributed by atoms with van der Waals surface area (Å²) in [4.78, 5) is 4.59. The number of thioether (sulfide) groups is 1. The molecule has 1 unspecified atom stereocenters. The Kier molecular flexibility index (Phi) is 4.37. The molecule has 0 aromatic carbocycles. The summed E-state index contributed by atoms with van der Waals surface area (Å²) in [6.07, 6.45) is 6.00.